The van der Waals surface area contributed by atoms with E-state index in [1.54, 1.807) is 6.07 Å². The van der Waals surface area contributed by atoms with E-state index in [-0.39, 0.29) is 6.04 Å². The maximum atomic E-state index is 12.6. The summed E-state index contributed by atoms with van der Waals surface area (Å²) in [5.41, 5.74) is 1.87. The lowest BCUT2D eigenvalue weighted by Gasteiger charge is -2.32. The van der Waals surface area contributed by atoms with E-state index in [4.69, 9.17) is 4.74 Å². The predicted octanol–water partition coefficient (Wildman–Crippen LogP) is 1.71. The molecule has 1 aliphatic rings. The minimum absolute atomic E-state index is 0.107. The first-order valence-corrected chi connectivity index (χ1v) is 7.54. The van der Waals surface area contributed by atoms with E-state index in [0.717, 1.165) is 11.1 Å². The molecule has 18 heavy (non-hydrogen) atoms. The van der Waals surface area contributed by atoms with E-state index in [0.29, 0.717) is 24.7 Å². The molecule has 2 rings (SSSR count). The van der Waals surface area contributed by atoms with Crippen molar-refractivity contribution in [3.8, 4) is 0 Å². The monoisotopic (exact) mass is 269 g/mol. The van der Waals surface area contributed by atoms with Gasteiger partial charge in [-0.05, 0) is 32.4 Å². The Balaban J connectivity index is 2.41. The summed E-state index contributed by atoms with van der Waals surface area (Å²) in [5.74, 6) is 0. The van der Waals surface area contributed by atoms with Gasteiger partial charge in [-0.2, -0.15) is 4.31 Å². The first-order chi connectivity index (χ1) is 8.43. The molecule has 0 radical (unpaired) electrons. The molecular weight excluding hydrogens is 250 g/mol. The third kappa shape index (κ3) is 2.43. The highest BCUT2D eigenvalue weighted by Gasteiger charge is 2.32. The zero-order valence-corrected chi connectivity index (χ0v) is 11.8. The number of sulfonamides is 1. The van der Waals surface area contributed by atoms with Crippen LogP contribution in [0.15, 0.2) is 23.1 Å². The maximum absolute atomic E-state index is 12.6. The quantitative estimate of drug-likeness (QED) is 0.821. The summed E-state index contributed by atoms with van der Waals surface area (Å²) in [5, 5.41) is 0. The molecule has 0 aromatic heterocycles. The van der Waals surface area contributed by atoms with Crippen molar-refractivity contribution in [3.05, 3.63) is 29.3 Å². The Morgan fingerprint density at radius 1 is 1.33 bits per heavy atom. The van der Waals surface area contributed by atoms with Crippen molar-refractivity contribution in [2.24, 2.45) is 0 Å². The largest absolute Gasteiger partial charge is 0.378 e. The average molecular weight is 269 g/mol. The van der Waals surface area contributed by atoms with Crippen LogP contribution in [-0.4, -0.2) is 38.5 Å². The highest BCUT2D eigenvalue weighted by Crippen LogP contribution is 2.23. The number of benzene rings is 1. The molecule has 1 aromatic carbocycles. The summed E-state index contributed by atoms with van der Waals surface area (Å²) in [4.78, 5) is 0.404. The molecule has 1 heterocycles. The van der Waals surface area contributed by atoms with Crippen LogP contribution in [-0.2, 0) is 14.8 Å². The number of rotatable bonds is 2. The number of hydrogen-bond donors (Lipinski definition) is 0. The molecule has 0 bridgehead atoms. The molecule has 0 amide bonds. The zero-order chi connectivity index (χ0) is 13.3. The van der Waals surface area contributed by atoms with Gasteiger partial charge in [0.1, 0.15) is 0 Å². The van der Waals surface area contributed by atoms with E-state index in [1.165, 1.54) is 4.31 Å². The molecule has 1 aliphatic heterocycles. The van der Waals surface area contributed by atoms with Gasteiger partial charge in [0.25, 0.3) is 0 Å². The molecule has 0 saturated carbocycles. The van der Waals surface area contributed by atoms with Crippen LogP contribution in [0, 0.1) is 13.8 Å². The molecule has 0 spiro atoms. The molecule has 1 aromatic rings. The second-order valence-electron chi connectivity index (χ2n) is 4.81. The predicted molar refractivity (Wildman–Crippen MR) is 70.1 cm³/mol. The molecule has 1 fully saturated rings. The molecular formula is C13H19NO3S. The fourth-order valence-electron chi connectivity index (χ4n) is 2.28. The van der Waals surface area contributed by atoms with Gasteiger partial charge in [0, 0.05) is 12.6 Å². The van der Waals surface area contributed by atoms with Crippen molar-refractivity contribution >= 4 is 10.0 Å². The van der Waals surface area contributed by atoms with Crippen LogP contribution in [0.4, 0.5) is 0 Å². The lowest BCUT2D eigenvalue weighted by atomic mass is 10.2. The maximum Gasteiger partial charge on any atom is 0.243 e. The lowest BCUT2D eigenvalue weighted by Crippen LogP contribution is -2.47. The molecule has 0 aliphatic carbocycles. The summed E-state index contributed by atoms with van der Waals surface area (Å²) in [6.07, 6.45) is 0. The highest BCUT2D eigenvalue weighted by atomic mass is 32.2. The molecule has 0 N–H and O–H groups in total. The van der Waals surface area contributed by atoms with Crippen molar-refractivity contribution in [1.82, 2.24) is 4.31 Å². The second-order valence-corrected chi connectivity index (χ2v) is 6.67. The first kappa shape index (κ1) is 13.5. The van der Waals surface area contributed by atoms with Crippen LogP contribution in [0.1, 0.15) is 18.1 Å². The van der Waals surface area contributed by atoms with Crippen molar-refractivity contribution < 1.29 is 13.2 Å². The van der Waals surface area contributed by atoms with E-state index in [1.807, 2.05) is 32.9 Å². The minimum Gasteiger partial charge on any atom is -0.378 e. The number of morpholine rings is 1. The molecule has 1 saturated heterocycles. The zero-order valence-electron chi connectivity index (χ0n) is 11.0. The summed E-state index contributed by atoms with van der Waals surface area (Å²) in [7, 11) is -3.41. The van der Waals surface area contributed by atoms with Gasteiger partial charge in [0.2, 0.25) is 10.0 Å². The lowest BCUT2D eigenvalue weighted by molar-refractivity contribution is 0.0392. The van der Waals surface area contributed by atoms with Crippen LogP contribution in [0.2, 0.25) is 0 Å². The Hall–Kier alpha value is -0.910. The molecule has 1 atom stereocenters. The smallest absolute Gasteiger partial charge is 0.243 e. The van der Waals surface area contributed by atoms with Crippen LogP contribution < -0.4 is 0 Å². The van der Waals surface area contributed by atoms with Gasteiger partial charge in [-0.15, -0.1) is 0 Å². The topological polar surface area (TPSA) is 46.6 Å². The normalized spacial score (nSPS) is 22.1. The third-order valence-corrected chi connectivity index (χ3v) is 5.40. The van der Waals surface area contributed by atoms with Crippen LogP contribution in [0.25, 0.3) is 0 Å². The van der Waals surface area contributed by atoms with Crippen molar-refractivity contribution in [2.45, 2.75) is 31.7 Å². The second kappa shape index (κ2) is 4.99. The van der Waals surface area contributed by atoms with Gasteiger partial charge < -0.3 is 4.74 Å². The molecule has 4 nitrogen and oxygen atoms in total. The van der Waals surface area contributed by atoms with Gasteiger partial charge in [-0.1, -0.05) is 17.7 Å². The van der Waals surface area contributed by atoms with E-state index in [9.17, 15) is 8.42 Å². The first-order valence-electron chi connectivity index (χ1n) is 6.10. The highest BCUT2D eigenvalue weighted by molar-refractivity contribution is 7.89. The fourth-order valence-corrected chi connectivity index (χ4v) is 4.09. The van der Waals surface area contributed by atoms with Crippen LogP contribution in [0.3, 0.4) is 0 Å². The summed E-state index contributed by atoms with van der Waals surface area (Å²) < 4.78 is 32.0. The Bertz CT molecular complexity index is 539. The van der Waals surface area contributed by atoms with E-state index >= 15 is 0 Å². The van der Waals surface area contributed by atoms with Gasteiger partial charge in [-0.3, -0.25) is 0 Å². The van der Waals surface area contributed by atoms with Crippen LogP contribution >= 0.6 is 0 Å². The average Bonchev–Trinajstić information content (AvgIpc) is 2.28. The fraction of sp³-hybridized carbons (Fsp3) is 0.538. The Morgan fingerprint density at radius 3 is 2.67 bits per heavy atom. The summed E-state index contributed by atoms with van der Waals surface area (Å²) in [6, 6.07) is 5.33. The molecule has 1 unspecified atom stereocenters. The number of hydrogen-bond acceptors (Lipinski definition) is 3. The van der Waals surface area contributed by atoms with Crippen molar-refractivity contribution in [2.75, 3.05) is 19.8 Å². The number of aryl methyl sites for hydroxylation is 2. The van der Waals surface area contributed by atoms with E-state index < -0.39 is 10.0 Å². The van der Waals surface area contributed by atoms with Crippen LogP contribution in [0.5, 0.6) is 0 Å². The Kier molecular flexibility index (Phi) is 3.75. The van der Waals surface area contributed by atoms with Crippen molar-refractivity contribution in [3.63, 3.8) is 0 Å². The van der Waals surface area contributed by atoms with Crippen molar-refractivity contribution in [1.29, 1.82) is 0 Å². The number of nitrogens with zero attached hydrogens (tertiary/aromatic N) is 1. The summed E-state index contributed by atoms with van der Waals surface area (Å²) in [6.45, 7) is 7.03. The summed E-state index contributed by atoms with van der Waals surface area (Å²) >= 11 is 0. The van der Waals surface area contributed by atoms with E-state index in [2.05, 4.69) is 0 Å². The standard InChI is InChI=1S/C13H19NO3S/c1-10-4-5-13(11(2)8-10)18(15,16)14-6-7-17-9-12(14)3/h4-5,8,12H,6-7,9H2,1-3H3. The molecule has 100 valence electrons. The Morgan fingerprint density at radius 2 is 2.06 bits per heavy atom. The SMILES string of the molecule is Cc1ccc(S(=O)(=O)N2CCOCC2C)c(C)c1. The van der Waals surface area contributed by atoms with Gasteiger partial charge in [-0.25, -0.2) is 8.42 Å². The van der Waals surface area contributed by atoms with Gasteiger partial charge in [0.05, 0.1) is 18.1 Å². The minimum atomic E-state index is -3.41. The Labute approximate surface area is 109 Å². The number of ether oxygens (including phenoxy) is 1. The third-order valence-electron chi connectivity index (χ3n) is 3.22. The van der Waals surface area contributed by atoms with Gasteiger partial charge in [0.15, 0.2) is 0 Å². The van der Waals surface area contributed by atoms with Gasteiger partial charge >= 0.3 is 0 Å². The molecule has 5 heteroatoms.